The molecule has 1 amide bonds. The van der Waals surface area contributed by atoms with Crippen LogP contribution in [0.1, 0.15) is 17.5 Å². The molecule has 2 aromatic carbocycles. The molecule has 0 saturated heterocycles. The van der Waals surface area contributed by atoms with E-state index in [0.29, 0.717) is 35.3 Å². The number of hydrogen-bond acceptors (Lipinski definition) is 4. The molecule has 0 bridgehead atoms. The summed E-state index contributed by atoms with van der Waals surface area (Å²) >= 11 is 6.23. The molecule has 1 heterocycles. The predicted molar refractivity (Wildman–Crippen MR) is 95.7 cm³/mol. The van der Waals surface area contributed by atoms with Crippen molar-refractivity contribution in [1.82, 2.24) is 5.32 Å². The van der Waals surface area contributed by atoms with E-state index >= 15 is 0 Å². The van der Waals surface area contributed by atoms with Crippen molar-refractivity contribution in [2.24, 2.45) is 0 Å². The number of nitrogens with one attached hydrogen (secondary N) is 1. The summed E-state index contributed by atoms with van der Waals surface area (Å²) in [6, 6.07) is 9.52. The van der Waals surface area contributed by atoms with Crippen molar-refractivity contribution in [3.63, 3.8) is 0 Å². The Morgan fingerprint density at radius 2 is 1.89 bits per heavy atom. The zero-order chi connectivity index (χ0) is 19.2. The third-order valence-corrected chi connectivity index (χ3v) is 4.15. The molecule has 0 radical (unpaired) electrons. The Kier molecular flexibility index (Phi) is 6.34. The van der Waals surface area contributed by atoms with Gasteiger partial charge in [0.2, 0.25) is 5.91 Å². The summed E-state index contributed by atoms with van der Waals surface area (Å²) < 4.78 is 39.7. The second-order valence-corrected chi connectivity index (χ2v) is 6.34. The lowest BCUT2D eigenvalue weighted by atomic mass is 10.1. The van der Waals surface area contributed by atoms with Crippen LogP contribution in [0.4, 0.5) is 8.78 Å². The van der Waals surface area contributed by atoms with Gasteiger partial charge in [0, 0.05) is 13.0 Å². The Hall–Kier alpha value is -2.54. The molecule has 5 nitrogen and oxygen atoms in total. The molecule has 1 aliphatic rings. The molecule has 8 heteroatoms. The fourth-order valence-electron chi connectivity index (χ4n) is 2.62. The highest BCUT2D eigenvalue weighted by Crippen LogP contribution is 2.38. The largest absolute Gasteiger partial charge is 0.489 e. The highest BCUT2D eigenvalue weighted by atomic mass is 35.5. The standard InChI is InChI=1S/C19H18ClF2NO4/c20-15-8-13(9-16-18(15)26-7-1-6-25-16)10-17(24)23-11-12-2-4-14(5-3-12)27-19(21)22/h2-5,8-9,19H,1,6-7,10-11H2,(H,23,24). The molecule has 0 aliphatic carbocycles. The number of ether oxygens (including phenoxy) is 3. The third kappa shape index (κ3) is 5.47. The smallest absolute Gasteiger partial charge is 0.387 e. The normalized spacial score (nSPS) is 13.2. The van der Waals surface area contributed by atoms with Gasteiger partial charge in [-0.15, -0.1) is 0 Å². The van der Waals surface area contributed by atoms with Gasteiger partial charge >= 0.3 is 6.61 Å². The molecule has 0 aromatic heterocycles. The number of alkyl halides is 2. The molecule has 1 N–H and O–H groups in total. The van der Waals surface area contributed by atoms with E-state index in [1.54, 1.807) is 24.3 Å². The Balaban J connectivity index is 1.56. The van der Waals surface area contributed by atoms with Crippen molar-refractivity contribution >= 4 is 17.5 Å². The molecular weight excluding hydrogens is 380 g/mol. The number of fused-ring (bicyclic) bond motifs is 1. The van der Waals surface area contributed by atoms with Crippen molar-refractivity contribution in [2.75, 3.05) is 13.2 Å². The van der Waals surface area contributed by atoms with Crippen molar-refractivity contribution in [3.8, 4) is 17.2 Å². The Morgan fingerprint density at radius 3 is 2.63 bits per heavy atom. The van der Waals surface area contributed by atoms with E-state index in [-0.39, 0.29) is 24.6 Å². The minimum atomic E-state index is -2.86. The van der Waals surface area contributed by atoms with Crippen LogP contribution >= 0.6 is 11.6 Å². The SMILES string of the molecule is O=C(Cc1cc(Cl)c2c(c1)OCCCO2)NCc1ccc(OC(F)F)cc1. The molecular formula is C19H18ClF2NO4. The van der Waals surface area contributed by atoms with Gasteiger partial charge in [-0.1, -0.05) is 23.7 Å². The van der Waals surface area contributed by atoms with Gasteiger partial charge in [0.05, 0.1) is 24.7 Å². The summed E-state index contributed by atoms with van der Waals surface area (Å²) in [5.74, 6) is 0.914. The molecule has 0 saturated carbocycles. The first-order valence-electron chi connectivity index (χ1n) is 8.40. The lowest BCUT2D eigenvalue weighted by molar-refractivity contribution is -0.120. The minimum absolute atomic E-state index is 0.0712. The van der Waals surface area contributed by atoms with Gasteiger partial charge in [-0.25, -0.2) is 0 Å². The number of hydrogen-bond donors (Lipinski definition) is 1. The summed E-state index contributed by atoms with van der Waals surface area (Å²) in [5.41, 5.74) is 1.48. The van der Waals surface area contributed by atoms with E-state index in [9.17, 15) is 13.6 Å². The van der Waals surface area contributed by atoms with Crippen LogP contribution in [0.5, 0.6) is 17.2 Å². The van der Waals surface area contributed by atoms with Crippen molar-refractivity contribution in [1.29, 1.82) is 0 Å². The van der Waals surface area contributed by atoms with Gasteiger partial charge in [0.1, 0.15) is 5.75 Å². The topological polar surface area (TPSA) is 56.8 Å². The first-order chi connectivity index (χ1) is 13.0. The van der Waals surface area contributed by atoms with Gasteiger partial charge in [-0.3, -0.25) is 4.79 Å². The Bertz CT molecular complexity index is 799. The van der Waals surface area contributed by atoms with E-state index in [1.807, 2.05) is 0 Å². The Labute approximate surface area is 160 Å². The van der Waals surface area contributed by atoms with E-state index in [4.69, 9.17) is 21.1 Å². The summed E-state index contributed by atoms with van der Waals surface area (Å²) in [6.45, 7) is -1.53. The van der Waals surface area contributed by atoms with Gasteiger partial charge in [0.25, 0.3) is 0 Å². The van der Waals surface area contributed by atoms with Crippen LogP contribution in [0.3, 0.4) is 0 Å². The number of benzene rings is 2. The average Bonchev–Trinajstić information content (AvgIpc) is 2.86. The second-order valence-electron chi connectivity index (χ2n) is 5.93. The zero-order valence-electron chi connectivity index (χ0n) is 14.3. The predicted octanol–water partition coefficient (Wildman–Crippen LogP) is 3.96. The number of amides is 1. The number of rotatable bonds is 6. The minimum Gasteiger partial charge on any atom is -0.489 e. The van der Waals surface area contributed by atoms with E-state index in [1.165, 1.54) is 12.1 Å². The fraction of sp³-hybridized carbons (Fsp3) is 0.316. The van der Waals surface area contributed by atoms with Crippen molar-refractivity contribution < 1.29 is 27.8 Å². The van der Waals surface area contributed by atoms with Gasteiger partial charge in [0.15, 0.2) is 11.5 Å². The maximum absolute atomic E-state index is 12.2. The first kappa shape index (κ1) is 19.2. The molecule has 2 aromatic rings. The summed E-state index contributed by atoms with van der Waals surface area (Å²) in [4.78, 5) is 12.2. The number of halogens is 3. The summed E-state index contributed by atoms with van der Waals surface area (Å²) in [7, 11) is 0. The van der Waals surface area contributed by atoms with E-state index in [2.05, 4.69) is 10.1 Å². The average molecular weight is 398 g/mol. The third-order valence-electron chi connectivity index (χ3n) is 3.86. The lowest BCUT2D eigenvalue weighted by Crippen LogP contribution is -2.24. The molecule has 0 unspecified atom stereocenters. The van der Waals surface area contributed by atoms with Gasteiger partial charge in [-0.2, -0.15) is 8.78 Å². The monoisotopic (exact) mass is 397 g/mol. The highest BCUT2D eigenvalue weighted by Gasteiger charge is 2.16. The van der Waals surface area contributed by atoms with Crippen LogP contribution in [-0.4, -0.2) is 25.7 Å². The molecule has 3 rings (SSSR count). The molecule has 0 spiro atoms. The molecule has 144 valence electrons. The Morgan fingerprint density at radius 1 is 1.15 bits per heavy atom. The first-order valence-corrected chi connectivity index (χ1v) is 8.77. The van der Waals surface area contributed by atoms with Crippen LogP contribution in [-0.2, 0) is 17.8 Å². The van der Waals surface area contributed by atoms with Crippen molar-refractivity contribution in [2.45, 2.75) is 26.0 Å². The van der Waals surface area contributed by atoms with Crippen LogP contribution in [0.25, 0.3) is 0 Å². The summed E-state index contributed by atoms with van der Waals surface area (Å²) in [5, 5.41) is 3.19. The lowest BCUT2D eigenvalue weighted by Gasteiger charge is -2.12. The molecule has 27 heavy (non-hydrogen) atoms. The summed E-state index contributed by atoms with van der Waals surface area (Å²) in [6.07, 6.45) is 0.894. The number of carbonyl (C=O) groups excluding carboxylic acids is 1. The highest BCUT2D eigenvalue weighted by molar-refractivity contribution is 6.32. The fourth-order valence-corrected chi connectivity index (χ4v) is 2.91. The zero-order valence-corrected chi connectivity index (χ0v) is 15.1. The van der Waals surface area contributed by atoms with Crippen LogP contribution in [0.2, 0.25) is 5.02 Å². The molecule has 0 fully saturated rings. The maximum Gasteiger partial charge on any atom is 0.387 e. The molecule has 1 aliphatic heterocycles. The number of carbonyl (C=O) groups is 1. The van der Waals surface area contributed by atoms with E-state index in [0.717, 1.165) is 12.0 Å². The van der Waals surface area contributed by atoms with Crippen LogP contribution in [0.15, 0.2) is 36.4 Å². The second kappa shape index (κ2) is 8.90. The maximum atomic E-state index is 12.2. The quantitative estimate of drug-likeness (QED) is 0.801. The van der Waals surface area contributed by atoms with Crippen LogP contribution in [0, 0.1) is 0 Å². The van der Waals surface area contributed by atoms with Crippen LogP contribution < -0.4 is 19.5 Å². The van der Waals surface area contributed by atoms with Gasteiger partial charge < -0.3 is 19.5 Å². The van der Waals surface area contributed by atoms with E-state index < -0.39 is 6.61 Å². The van der Waals surface area contributed by atoms with Gasteiger partial charge in [-0.05, 0) is 35.4 Å². The van der Waals surface area contributed by atoms with Crippen molar-refractivity contribution in [3.05, 3.63) is 52.5 Å². The molecule has 0 atom stereocenters.